The summed E-state index contributed by atoms with van der Waals surface area (Å²) >= 11 is 0. The maximum Gasteiger partial charge on any atom is 0.171 e. The largest absolute Gasteiger partial charge is 0.394 e. The molecule has 0 aliphatic carbocycles. The maximum absolute atomic E-state index is 9.78. The minimum Gasteiger partial charge on any atom is -0.394 e. The van der Waals surface area contributed by atoms with Gasteiger partial charge in [0.25, 0.3) is 0 Å². The summed E-state index contributed by atoms with van der Waals surface area (Å²) in [5.41, 5.74) is 5.78. The highest BCUT2D eigenvalue weighted by atomic mass is 31.1. The molecule has 0 saturated carbocycles. The molecule has 1 fully saturated rings. The monoisotopic (exact) mass is 260 g/mol. The van der Waals surface area contributed by atoms with Gasteiger partial charge in [0.05, 0.1) is 21.2 Å². The van der Waals surface area contributed by atoms with Crippen LogP contribution in [-0.2, 0) is 4.74 Å². The predicted octanol–water partition coefficient (Wildman–Crippen LogP) is -2.04. The number of aliphatic hydroxyl groups excluding tert-OH is 3. The molecule has 0 aromatic rings. The number of hydrogen-bond donors (Lipinski definition) is 4. The molecule has 0 amide bonds. The quantitative estimate of drug-likeness (QED) is 0.420. The Labute approximate surface area is 99.1 Å². The number of nitriles is 1. The Morgan fingerprint density at radius 3 is 2.65 bits per heavy atom. The maximum atomic E-state index is 9.78. The number of rotatable bonds is 2. The predicted molar refractivity (Wildman–Crippen MR) is 56.3 cm³/mol. The molecule has 0 spiro atoms. The van der Waals surface area contributed by atoms with Crippen LogP contribution in [0.3, 0.4) is 0 Å². The molecule has 0 bridgehead atoms. The molecule has 2 aliphatic heterocycles. The summed E-state index contributed by atoms with van der Waals surface area (Å²) in [4.78, 5) is 0. The molecule has 8 nitrogen and oxygen atoms in total. The first-order valence-electron chi connectivity index (χ1n) is 5.07. The number of hydrogen-bond acceptors (Lipinski definition) is 8. The van der Waals surface area contributed by atoms with Gasteiger partial charge < -0.3 is 25.8 Å². The smallest absolute Gasteiger partial charge is 0.171 e. The van der Waals surface area contributed by atoms with Gasteiger partial charge in [-0.25, -0.2) is 4.74 Å². The first-order chi connectivity index (χ1) is 8.10. The zero-order chi connectivity index (χ0) is 12.6. The van der Waals surface area contributed by atoms with Crippen LogP contribution in [0.5, 0.6) is 0 Å². The van der Waals surface area contributed by atoms with Crippen LogP contribution in [0.25, 0.3) is 0 Å². The topological polar surface area (TPSA) is 135 Å². The van der Waals surface area contributed by atoms with E-state index in [-0.39, 0.29) is 0 Å². The van der Waals surface area contributed by atoms with Gasteiger partial charge in [-0.05, 0) is 0 Å². The second kappa shape index (κ2) is 4.92. The van der Waals surface area contributed by atoms with Crippen molar-refractivity contribution in [3.63, 3.8) is 0 Å². The minimum atomic E-state index is -1.18. The minimum absolute atomic E-state index is 0.395. The van der Waals surface area contributed by atoms with E-state index in [1.165, 1.54) is 4.67 Å². The van der Waals surface area contributed by atoms with Crippen LogP contribution in [0, 0.1) is 11.3 Å². The average molecular weight is 260 g/mol. The fourth-order valence-electron chi connectivity index (χ4n) is 1.81. The van der Waals surface area contributed by atoms with Crippen molar-refractivity contribution in [1.82, 2.24) is 4.67 Å². The third kappa shape index (κ3) is 2.07. The molecular formula is C8H13N4O4P. The van der Waals surface area contributed by atoms with Crippen molar-refractivity contribution < 1.29 is 20.1 Å². The first kappa shape index (κ1) is 12.8. The highest BCUT2D eigenvalue weighted by Gasteiger charge is 2.48. The van der Waals surface area contributed by atoms with Gasteiger partial charge in [0.1, 0.15) is 30.7 Å². The molecule has 5 N–H and O–H groups in total. The van der Waals surface area contributed by atoms with Crippen LogP contribution in [0.4, 0.5) is 0 Å². The number of nitrogens with zero attached hydrogens (tertiary/aromatic N) is 3. The van der Waals surface area contributed by atoms with E-state index >= 15 is 0 Å². The van der Waals surface area contributed by atoms with E-state index in [1.807, 2.05) is 6.07 Å². The Morgan fingerprint density at radius 1 is 1.47 bits per heavy atom. The van der Waals surface area contributed by atoms with Gasteiger partial charge in [-0.15, -0.1) is 0 Å². The van der Waals surface area contributed by atoms with E-state index < -0.39 is 43.4 Å². The Balaban J connectivity index is 2.10. The van der Waals surface area contributed by atoms with Gasteiger partial charge >= 0.3 is 0 Å². The molecule has 0 aromatic heterocycles. The molecule has 94 valence electrons. The third-order valence-corrected chi connectivity index (χ3v) is 3.87. The van der Waals surface area contributed by atoms with E-state index in [2.05, 4.69) is 4.74 Å². The molecule has 2 heterocycles. The van der Waals surface area contributed by atoms with Crippen molar-refractivity contribution in [2.75, 3.05) is 6.61 Å². The van der Waals surface area contributed by atoms with Crippen LogP contribution in [0.2, 0.25) is 0 Å². The van der Waals surface area contributed by atoms with E-state index in [0.717, 1.165) is 0 Å². The lowest BCUT2D eigenvalue weighted by atomic mass is 10.1. The van der Waals surface area contributed by atoms with E-state index in [9.17, 15) is 10.2 Å². The van der Waals surface area contributed by atoms with Crippen molar-refractivity contribution >= 4 is 8.52 Å². The zero-order valence-corrected chi connectivity index (χ0v) is 9.68. The molecule has 0 radical (unpaired) electrons. The standard InChI is InChI=1S/C8H13N4O4P/c9-1-3-7(10)12(17-11-3)8-6(15)5(14)4(2-13)16-8/h3-8,13-15H,2,10H2/t3?,4-,5-,6-,7?,8-/m1/s1. The summed E-state index contributed by atoms with van der Waals surface area (Å²) in [5.74, 6) is 0. The average Bonchev–Trinajstić information content (AvgIpc) is 2.82. The first-order valence-corrected chi connectivity index (χ1v) is 5.87. The van der Waals surface area contributed by atoms with Crippen LogP contribution >= 0.6 is 8.52 Å². The zero-order valence-electron chi connectivity index (χ0n) is 8.79. The molecule has 1 saturated heterocycles. The van der Waals surface area contributed by atoms with Gasteiger partial charge in [-0.3, -0.25) is 0 Å². The highest BCUT2D eigenvalue weighted by Crippen LogP contribution is 2.34. The Bertz CT molecular complexity index is 362. The molecular weight excluding hydrogens is 247 g/mol. The number of aliphatic hydroxyl groups is 3. The molecule has 2 unspecified atom stereocenters. The lowest BCUT2D eigenvalue weighted by molar-refractivity contribution is -0.0723. The highest BCUT2D eigenvalue weighted by molar-refractivity contribution is 7.24. The summed E-state index contributed by atoms with van der Waals surface area (Å²) in [5, 5.41) is 37.1. The SMILES string of the molecule is N#CC1N=PN([C@@H]2O[C@H](CO)[C@@H](O)[C@H]2O)C1N. The number of nitrogens with two attached hydrogens (primary N) is 1. The Kier molecular flexibility index (Phi) is 3.70. The van der Waals surface area contributed by atoms with Crippen molar-refractivity contribution in [1.29, 1.82) is 5.26 Å². The normalized spacial score (nSPS) is 47.2. The summed E-state index contributed by atoms with van der Waals surface area (Å²) < 4.78 is 10.7. The number of ether oxygens (including phenoxy) is 1. The van der Waals surface area contributed by atoms with E-state index in [0.29, 0.717) is 8.52 Å². The van der Waals surface area contributed by atoms with Crippen LogP contribution in [-0.4, -0.2) is 63.3 Å². The molecule has 0 aromatic carbocycles. The Hall–Kier alpha value is -0.650. The second-order valence-corrected chi connectivity index (χ2v) is 4.75. The van der Waals surface area contributed by atoms with Crippen LogP contribution in [0.15, 0.2) is 4.74 Å². The van der Waals surface area contributed by atoms with Gasteiger partial charge in [0, 0.05) is 0 Å². The van der Waals surface area contributed by atoms with Crippen molar-refractivity contribution in [2.45, 2.75) is 36.7 Å². The fourth-order valence-corrected chi connectivity index (χ4v) is 2.77. The molecule has 2 aliphatic rings. The molecule has 6 atom stereocenters. The van der Waals surface area contributed by atoms with Crippen LogP contribution < -0.4 is 5.73 Å². The molecule has 2 rings (SSSR count). The second-order valence-electron chi connectivity index (χ2n) is 3.88. The van der Waals surface area contributed by atoms with Gasteiger partial charge in [0.2, 0.25) is 0 Å². The summed E-state index contributed by atoms with van der Waals surface area (Å²) in [7, 11) is 0.416. The van der Waals surface area contributed by atoms with E-state index in [1.54, 1.807) is 0 Å². The van der Waals surface area contributed by atoms with Gasteiger partial charge in [0.15, 0.2) is 6.04 Å². The lowest BCUT2D eigenvalue weighted by Gasteiger charge is -2.26. The van der Waals surface area contributed by atoms with Crippen molar-refractivity contribution in [3.8, 4) is 6.07 Å². The third-order valence-electron chi connectivity index (χ3n) is 2.82. The Morgan fingerprint density at radius 2 is 2.18 bits per heavy atom. The van der Waals surface area contributed by atoms with Crippen molar-refractivity contribution in [3.05, 3.63) is 0 Å². The van der Waals surface area contributed by atoms with Gasteiger partial charge in [-0.1, -0.05) is 0 Å². The van der Waals surface area contributed by atoms with E-state index in [4.69, 9.17) is 20.8 Å². The van der Waals surface area contributed by atoms with Crippen LogP contribution in [0.1, 0.15) is 0 Å². The lowest BCUT2D eigenvalue weighted by Crippen LogP contribution is -2.49. The summed E-state index contributed by atoms with van der Waals surface area (Å²) in [6.45, 7) is -0.395. The fraction of sp³-hybridized carbons (Fsp3) is 0.875. The molecule has 17 heavy (non-hydrogen) atoms. The summed E-state index contributed by atoms with van der Waals surface area (Å²) in [6, 6.07) is 1.25. The molecule has 9 heteroatoms. The van der Waals surface area contributed by atoms with Crippen molar-refractivity contribution in [2.24, 2.45) is 10.5 Å². The van der Waals surface area contributed by atoms with Gasteiger partial charge in [-0.2, -0.15) is 9.93 Å². The summed E-state index contributed by atoms with van der Waals surface area (Å²) in [6.07, 6.45) is -4.75.